The summed E-state index contributed by atoms with van der Waals surface area (Å²) in [6.45, 7) is 12.9. The molecule has 0 radical (unpaired) electrons. The first-order valence-corrected chi connectivity index (χ1v) is 16.1. The van der Waals surface area contributed by atoms with Crippen molar-refractivity contribution >= 4 is 61.3 Å². The molecular weight excluding hydrogens is 579 g/mol. The predicted octanol–water partition coefficient (Wildman–Crippen LogP) is 7.76. The van der Waals surface area contributed by atoms with Crippen LogP contribution in [0.2, 0.25) is 0 Å². The Morgan fingerprint density at radius 1 is 1.19 bits per heavy atom. The Morgan fingerprint density at radius 3 is 2.49 bits per heavy atom. The van der Waals surface area contributed by atoms with Gasteiger partial charge >= 0.3 is 5.97 Å². The molecule has 0 fully saturated rings. The number of anilines is 3. The third kappa shape index (κ3) is 5.59. The van der Waals surface area contributed by atoms with Gasteiger partial charge in [-0.3, -0.25) is 4.79 Å². The van der Waals surface area contributed by atoms with E-state index >= 15 is 0 Å². The van der Waals surface area contributed by atoms with Gasteiger partial charge in [0.25, 0.3) is 5.91 Å². The minimum atomic E-state index is -0.449. The number of ether oxygens (including phenoxy) is 1. The minimum absolute atomic E-state index is 0.0788. The quantitative estimate of drug-likeness (QED) is 0.188. The van der Waals surface area contributed by atoms with Gasteiger partial charge in [0, 0.05) is 15.8 Å². The number of nitrogens with one attached hydrogen (secondary N) is 1. The molecule has 1 aliphatic carbocycles. The molecule has 8 nitrogen and oxygen atoms in total. The third-order valence-electron chi connectivity index (χ3n) is 8.29. The van der Waals surface area contributed by atoms with E-state index in [4.69, 9.17) is 16.2 Å². The molecular formula is C33H37N5O3S2. The van der Waals surface area contributed by atoms with Crippen LogP contribution in [0.3, 0.4) is 0 Å². The van der Waals surface area contributed by atoms with Gasteiger partial charge in [-0.1, -0.05) is 58.9 Å². The number of nitrogens with zero attached hydrogens (tertiary/aromatic N) is 2. The number of fused-ring (bicyclic) bond motifs is 2. The summed E-state index contributed by atoms with van der Waals surface area (Å²) in [5, 5.41) is 14.0. The van der Waals surface area contributed by atoms with Crippen molar-refractivity contribution in [1.29, 1.82) is 5.26 Å². The van der Waals surface area contributed by atoms with Crippen molar-refractivity contribution in [1.82, 2.24) is 4.98 Å². The lowest BCUT2D eigenvalue weighted by molar-refractivity contribution is 0.0526. The molecule has 1 aliphatic rings. The van der Waals surface area contributed by atoms with Crippen LogP contribution in [0.1, 0.15) is 95.5 Å². The molecule has 5 N–H and O–H groups in total. The van der Waals surface area contributed by atoms with Crippen LogP contribution in [0, 0.1) is 22.7 Å². The third-order valence-corrected chi connectivity index (χ3v) is 10.6. The van der Waals surface area contributed by atoms with Gasteiger partial charge in [-0.05, 0) is 60.1 Å². The molecule has 1 atom stereocenters. The second-order valence-electron chi connectivity index (χ2n) is 12.3. The smallest absolute Gasteiger partial charge is 0.341 e. The van der Waals surface area contributed by atoms with E-state index in [2.05, 4.69) is 51.0 Å². The van der Waals surface area contributed by atoms with E-state index in [1.165, 1.54) is 11.3 Å². The standard InChI is InChI=1S/C33H37N5O3S2/c1-7-41-32(40)24-20-13-12-19(33(4,5)6)14-22(20)42-30(24)38-29(39)27-26(35)25-23(18-10-8-17(9-11-18)16(2)3)21(15-34)28(36)37-31(25)43-27/h8-11,16,19H,7,12-14,35H2,1-6H3,(H2,36,37)(H,38,39). The average Bonchev–Trinajstić information content (AvgIpc) is 3.48. The largest absolute Gasteiger partial charge is 0.462 e. The monoisotopic (exact) mass is 615 g/mol. The number of nitrogens with two attached hydrogens (primary N) is 2. The number of pyridine rings is 1. The number of esters is 1. The normalized spacial score (nSPS) is 14.9. The van der Waals surface area contributed by atoms with Crippen LogP contribution in [0.15, 0.2) is 24.3 Å². The maximum atomic E-state index is 13.8. The Kier molecular flexibility index (Phi) is 8.25. The number of benzene rings is 1. The Morgan fingerprint density at radius 2 is 1.88 bits per heavy atom. The Bertz CT molecular complexity index is 1770. The lowest BCUT2D eigenvalue weighted by Crippen LogP contribution is -2.26. The first kappa shape index (κ1) is 30.5. The molecule has 10 heteroatoms. The molecule has 4 aromatic rings. The van der Waals surface area contributed by atoms with Crippen molar-refractivity contribution < 1.29 is 14.3 Å². The van der Waals surface area contributed by atoms with Crippen molar-refractivity contribution in [3.8, 4) is 17.2 Å². The molecule has 3 aromatic heterocycles. The van der Waals surface area contributed by atoms with Crippen molar-refractivity contribution in [2.45, 2.75) is 66.7 Å². The highest BCUT2D eigenvalue weighted by Gasteiger charge is 2.35. The first-order chi connectivity index (χ1) is 20.3. The van der Waals surface area contributed by atoms with Crippen LogP contribution in [0.25, 0.3) is 21.3 Å². The topological polar surface area (TPSA) is 144 Å². The van der Waals surface area contributed by atoms with E-state index in [1.54, 1.807) is 6.92 Å². The number of hydrogen-bond acceptors (Lipinski definition) is 9. The van der Waals surface area contributed by atoms with Gasteiger partial charge in [0.1, 0.15) is 32.2 Å². The van der Waals surface area contributed by atoms with E-state index in [1.807, 2.05) is 24.3 Å². The van der Waals surface area contributed by atoms with Crippen molar-refractivity contribution in [2.24, 2.45) is 11.3 Å². The second-order valence-corrected chi connectivity index (χ2v) is 14.5. The van der Waals surface area contributed by atoms with Crippen LogP contribution in [-0.2, 0) is 17.6 Å². The summed E-state index contributed by atoms with van der Waals surface area (Å²) in [6.07, 6.45) is 2.56. The van der Waals surface area contributed by atoms with Gasteiger partial charge in [-0.25, -0.2) is 9.78 Å². The van der Waals surface area contributed by atoms with Crippen molar-refractivity contribution in [3.63, 3.8) is 0 Å². The maximum Gasteiger partial charge on any atom is 0.341 e. The summed E-state index contributed by atoms with van der Waals surface area (Å²) in [4.78, 5) is 33.2. The molecule has 0 saturated heterocycles. The lowest BCUT2D eigenvalue weighted by Gasteiger charge is -2.33. The highest BCUT2D eigenvalue weighted by molar-refractivity contribution is 7.21. The summed E-state index contributed by atoms with van der Waals surface area (Å²) in [6, 6.07) is 10.1. The van der Waals surface area contributed by atoms with Gasteiger partial charge in [0.05, 0.1) is 17.9 Å². The van der Waals surface area contributed by atoms with Gasteiger partial charge in [-0.2, -0.15) is 5.26 Å². The second kappa shape index (κ2) is 11.6. The Labute approximate surface area is 260 Å². The summed E-state index contributed by atoms with van der Waals surface area (Å²) in [5.74, 6) is 0.00371. The number of rotatable bonds is 6. The van der Waals surface area contributed by atoms with E-state index in [0.29, 0.717) is 38.2 Å². The van der Waals surface area contributed by atoms with Crippen molar-refractivity contribution in [3.05, 3.63) is 56.3 Å². The molecule has 0 spiro atoms. The van der Waals surface area contributed by atoms with Crippen LogP contribution in [0.5, 0.6) is 0 Å². The highest BCUT2D eigenvalue weighted by atomic mass is 32.1. The Balaban J connectivity index is 1.58. The van der Waals surface area contributed by atoms with Crippen LogP contribution < -0.4 is 16.8 Å². The van der Waals surface area contributed by atoms with Gasteiger partial charge in [0.2, 0.25) is 0 Å². The van der Waals surface area contributed by atoms with Crippen LogP contribution in [0.4, 0.5) is 16.5 Å². The fourth-order valence-electron chi connectivity index (χ4n) is 5.77. The summed E-state index contributed by atoms with van der Waals surface area (Å²) < 4.78 is 5.41. The molecule has 0 bridgehead atoms. The van der Waals surface area contributed by atoms with E-state index in [0.717, 1.165) is 52.2 Å². The summed E-state index contributed by atoms with van der Waals surface area (Å²) in [5.41, 5.74) is 17.3. The number of hydrogen-bond donors (Lipinski definition) is 3. The van der Waals surface area contributed by atoms with E-state index in [-0.39, 0.29) is 34.0 Å². The number of carbonyl (C=O) groups excluding carboxylic acids is 2. The number of aromatic nitrogens is 1. The highest BCUT2D eigenvalue weighted by Crippen LogP contribution is 2.46. The molecule has 3 heterocycles. The minimum Gasteiger partial charge on any atom is -0.462 e. The summed E-state index contributed by atoms with van der Waals surface area (Å²) in [7, 11) is 0. The molecule has 224 valence electrons. The van der Waals surface area contributed by atoms with E-state index in [9.17, 15) is 14.9 Å². The zero-order chi connectivity index (χ0) is 31.2. The van der Waals surface area contributed by atoms with Gasteiger partial charge < -0.3 is 21.5 Å². The number of thiophene rings is 2. The summed E-state index contributed by atoms with van der Waals surface area (Å²) >= 11 is 2.55. The van der Waals surface area contributed by atoms with Crippen LogP contribution in [-0.4, -0.2) is 23.5 Å². The maximum absolute atomic E-state index is 13.8. The molecule has 0 aliphatic heterocycles. The first-order valence-electron chi connectivity index (χ1n) is 14.5. The predicted molar refractivity (Wildman–Crippen MR) is 176 cm³/mol. The molecule has 1 aromatic carbocycles. The average molecular weight is 616 g/mol. The molecule has 1 unspecified atom stereocenters. The number of carbonyl (C=O) groups is 2. The fraction of sp³-hybridized carbons (Fsp3) is 0.394. The zero-order valence-corrected chi connectivity index (χ0v) is 27.0. The number of nitrogen functional groups attached to an aromatic ring is 2. The number of amides is 1. The molecule has 1 amide bonds. The lowest BCUT2D eigenvalue weighted by atomic mass is 9.72. The molecule has 43 heavy (non-hydrogen) atoms. The van der Waals surface area contributed by atoms with Crippen LogP contribution >= 0.6 is 22.7 Å². The fourth-order valence-corrected chi connectivity index (χ4v) is 8.09. The van der Waals surface area contributed by atoms with E-state index < -0.39 is 11.9 Å². The van der Waals surface area contributed by atoms with Gasteiger partial charge in [-0.15, -0.1) is 22.7 Å². The molecule has 0 saturated carbocycles. The Hall–Kier alpha value is -3.94. The SMILES string of the molecule is CCOC(=O)c1c(NC(=O)c2sc3nc(N)c(C#N)c(-c4ccc(C(C)C)cc4)c3c2N)sc2c1CCC(C(C)(C)C)C2. The number of nitriles is 1. The van der Waals surface area contributed by atoms with Gasteiger partial charge in [0.15, 0.2) is 0 Å². The zero-order valence-electron chi connectivity index (χ0n) is 25.4. The molecule has 5 rings (SSSR count). The van der Waals surface area contributed by atoms with Crippen molar-refractivity contribution in [2.75, 3.05) is 23.4 Å².